The summed E-state index contributed by atoms with van der Waals surface area (Å²) in [5.41, 5.74) is 0.865. The minimum Gasteiger partial charge on any atom is -0.491 e. The average Bonchev–Trinajstić information content (AvgIpc) is 2.35. The Morgan fingerprint density at radius 2 is 2.00 bits per heavy atom. The first-order valence-electron chi connectivity index (χ1n) is 5.52. The van der Waals surface area contributed by atoms with Gasteiger partial charge in [0.2, 0.25) is 0 Å². The van der Waals surface area contributed by atoms with Crippen molar-refractivity contribution >= 4 is 0 Å². The number of benzene rings is 1. The molecule has 1 unspecified atom stereocenters. The lowest BCUT2D eigenvalue weighted by molar-refractivity contribution is 0.0516. The number of methoxy groups -OCH3 is 1. The van der Waals surface area contributed by atoms with Crippen molar-refractivity contribution in [2.45, 2.75) is 25.9 Å². The number of hydrogen-bond donors (Lipinski definition) is 0. The zero-order chi connectivity index (χ0) is 11.8. The van der Waals surface area contributed by atoms with Crippen LogP contribution in [0.4, 0.5) is 0 Å². The third-order valence-corrected chi connectivity index (χ3v) is 2.40. The van der Waals surface area contributed by atoms with Crippen LogP contribution < -0.4 is 4.74 Å². The molecule has 0 aliphatic carbocycles. The van der Waals surface area contributed by atoms with Crippen LogP contribution in [0.3, 0.4) is 0 Å². The summed E-state index contributed by atoms with van der Waals surface area (Å²) < 4.78 is 10.9. The SMILES string of the molecule is C#Cc1ccc(OCC(CCC)OC)cc1. The second-order valence-corrected chi connectivity index (χ2v) is 3.63. The summed E-state index contributed by atoms with van der Waals surface area (Å²) in [5, 5.41) is 0. The third kappa shape index (κ3) is 3.96. The summed E-state index contributed by atoms with van der Waals surface area (Å²) in [4.78, 5) is 0. The summed E-state index contributed by atoms with van der Waals surface area (Å²) in [6.45, 7) is 2.72. The second-order valence-electron chi connectivity index (χ2n) is 3.63. The fraction of sp³-hybridized carbons (Fsp3) is 0.429. The quantitative estimate of drug-likeness (QED) is 0.683. The van der Waals surface area contributed by atoms with Gasteiger partial charge in [-0.05, 0) is 30.7 Å². The first kappa shape index (κ1) is 12.6. The van der Waals surface area contributed by atoms with Gasteiger partial charge >= 0.3 is 0 Å². The van der Waals surface area contributed by atoms with Crippen molar-refractivity contribution in [1.29, 1.82) is 0 Å². The zero-order valence-electron chi connectivity index (χ0n) is 9.90. The monoisotopic (exact) mass is 218 g/mol. The van der Waals surface area contributed by atoms with Crippen LogP contribution in [0.25, 0.3) is 0 Å². The van der Waals surface area contributed by atoms with E-state index in [0.717, 1.165) is 24.2 Å². The summed E-state index contributed by atoms with van der Waals surface area (Å²) in [6, 6.07) is 7.51. The van der Waals surface area contributed by atoms with Gasteiger partial charge in [0.15, 0.2) is 0 Å². The largest absolute Gasteiger partial charge is 0.491 e. The lowest BCUT2D eigenvalue weighted by Crippen LogP contribution is -2.19. The van der Waals surface area contributed by atoms with Crippen molar-refractivity contribution in [3.8, 4) is 18.1 Å². The molecule has 0 aliphatic rings. The molecule has 0 radical (unpaired) electrons. The Labute approximate surface area is 97.6 Å². The molecule has 0 amide bonds. The van der Waals surface area contributed by atoms with Gasteiger partial charge in [-0.15, -0.1) is 6.42 Å². The predicted molar refractivity (Wildman–Crippen MR) is 65.6 cm³/mol. The van der Waals surface area contributed by atoms with Crippen molar-refractivity contribution in [2.24, 2.45) is 0 Å². The van der Waals surface area contributed by atoms with E-state index in [4.69, 9.17) is 15.9 Å². The topological polar surface area (TPSA) is 18.5 Å². The summed E-state index contributed by atoms with van der Waals surface area (Å²) in [6.07, 6.45) is 7.54. The predicted octanol–water partition coefficient (Wildman–Crippen LogP) is 2.86. The second kappa shape index (κ2) is 6.92. The molecule has 1 aromatic carbocycles. The lowest BCUT2D eigenvalue weighted by atomic mass is 10.2. The molecule has 0 spiro atoms. The Morgan fingerprint density at radius 1 is 1.31 bits per heavy atom. The molecule has 0 saturated carbocycles. The van der Waals surface area contributed by atoms with E-state index >= 15 is 0 Å². The molecule has 0 fully saturated rings. The third-order valence-electron chi connectivity index (χ3n) is 2.40. The molecule has 0 N–H and O–H groups in total. The van der Waals surface area contributed by atoms with Crippen LogP contribution in [0.5, 0.6) is 5.75 Å². The molecule has 2 heteroatoms. The number of rotatable bonds is 6. The molecule has 0 aromatic heterocycles. The summed E-state index contributed by atoms with van der Waals surface area (Å²) in [5.74, 6) is 3.40. The van der Waals surface area contributed by atoms with Gasteiger partial charge in [0, 0.05) is 12.7 Å². The Balaban J connectivity index is 2.44. The fourth-order valence-corrected chi connectivity index (χ4v) is 1.43. The molecule has 1 rings (SSSR count). The maximum atomic E-state index is 5.62. The molecule has 0 aliphatic heterocycles. The first-order valence-corrected chi connectivity index (χ1v) is 5.52. The molecule has 16 heavy (non-hydrogen) atoms. The van der Waals surface area contributed by atoms with Crippen molar-refractivity contribution < 1.29 is 9.47 Å². The van der Waals surface area contributed by atoms with Gasteiger partial charge in [-0.2, -0.15) is 0 Å². The van der Waals surface area contributed by atoms with Crippen LogP contribution >= 0.6 is 0 Å². The molecular weight excluding hydrogens is 200 g/mol. The number of hydrogen-bond acceptors (Lipinski definition) is 2. The van der Waals surface area contributed by atoms with Crippen molar-refractivity contribution in [3.05, 3.63) is 29.8 Å². The van der Waals surface area contributed by atoms with Crippen LogP contribution in [-0.4, -0.2) is 19.8 Å². The smallest absolute Gasteiger partial charge is 0.119 e. The molecule has 0 bridgehead atoms. The Morgan fingerprint density at radius 3 is 2.50 bits per heavy atom. The highest BCUT2D eigenvalue weighted by atomic mass is 16.5. The number of ether oxygens (including phenoxy) is 2. The molecule has 0 heterocycles. The minimum absolute atomic E-state index is 0.164. The van der Waals surface area contributed by atoms with Crippen LogP contribution in [0.2, 0.25) is 0 Å². The Bertz CT molecular complexity index is 335. The van der Waals surface area contributed by atoms with E-state index in [0.29, 0.717) is 6.61 Å². The Kier molecular flexibility index (Phi) is 5.45. The maximum absolute atomic E-state index is 5.62. The highest BCUT2D eigenvalue weighted by Gasteiger charge is 2.06. The maximum Gasteiger partial charge on any atom is 0.119 e. The summed E-state index contributed by atoms with van der Waals surface area (Å²) >= 11 is 0. The molecule has 2 nitrogen and oxygen atoms in total. The van der Waals surface area contributed by atoms with E-state index in [9.17, 15) is 0 Å². The Hall–Kier alpha value is -1.46. The summed E-state index contributed by atoms with van der Waals surface area (Å²) in [7, 11) is 1.71. The first-order chi connectivity index (χ1) is 7.80. The highest BCUT2D eigenvalue weighted by Crippen LogP contribution is 2.13. The van der Waals surface area contributed by atoms with E-state index in [1.165, 1.54) is 0 Å². The molecular formula is C14H18O2. The molecule has 1 aromatic rings. The molecule has 1 atom stereocenters. The van der Waals surface area contributed by atoms with Crippen LogP contribution in [-0.2, 0) is 4.74 Å². The van der Waals surface area contributed by atoms with E-state index in [2.05, 4.69) is 12.8 Å². The van der Waals surface area contributed by atoms with Gasteiger partial charge < -0.3 is 9.47 Å². The highest BCUT2D eigenvalue weighted by molar-refractivity contribution is 5.36. The minimum atomic E-state index is 0.164. The normalized spacial score (nSPS) is 11.8. The van der Waals surface area contributed by atoms with Crippen LogP contribution in [0, 0.1) is 12.3 Å². The van der Waals surface area contributed by atoms with Crippen molar-refractivity contribution in [2.75, 3.05) is 13.7 Å². The van der Waals surface area contributed by atoms with Crippen LogP contribution in [0.1, 0.15) is 25.3 Å². The van der Waals surface area contributed by atoms with E-state index in [-0.39, 0.29) is 6.10 Å². The van der Waals surface area contributed by atoms with E-state index in [1.807, 2.05) is 24.3 Å². The van der Waals surface area contributed by atoms with Gasteiger partial charge in [0.25, 0.3) is 0 Å². The number of terminal acetylenes is 1. The zero-order valence-corrected chi connectivity index (χ0v) is 9.90. The van der Waals surface area contributed by atoms with Crippen molar-refractivity contribution in [1.82, 2.24) is 0 Å². The fourth-order valence-electron chi connectivity index (χ4n) is 1.43. The standard InChI is InChI=1S/C14H18O2/c1-4-6-14(15-3)11-16-13-9-7-12(5-2)8-10-13/h2,7-10,14H,4,6,11H2,1,3H3. The average molecular weight is 218 g/mol. The molecule has 86 valence electrons. The van der Waals surface area contributed by atoms with Gasteiger partial charge in [-0.25, -0.2) is 0 Å². The molecule has 0 saturated heterocycles. The van der Waals surface area contributed by atoms with E-state index in [1.54, 1.807) is 7.11 Å². The van der Waals surface area contributed by atoms with Gasteiger partial charge in [0.05, 0.1) is 6.10 Å². The van der Waals surface area contributed by atoms with Crippen molar-refractivity contribution in [3.63, 3.8) is 0 Å². The lowest BCUT2D eigenvalue weighted by Gasteiger charge is -2.15. The van der Waals surface area contributed by atoms with Gasteiger partial charge in [0.1, 0.15) is 12.4 Å². The van der Waals surface area contributed by atoms with Gasteiger partial charge in [-0.1, -0.05) is 19.3 Å². The van der Waals surface area contributed by atoms with E-state index < -0.39 is 0 Å². The van der Waals surface area contributed by atoms with Crippen LogP contribution in [0.15, 0.2) is 24.3 Å². The van der Waals surface area contributed by atoms with Gasteiger partial charge in [-0.3, -0.25) is 0 Å².